The van der Waals surface area contributed by atoms with Crippen LogP contribution in [0.15, 0.2) is 30.6 Å². The third kappa shape index (κ3) is 2.48. The summed E-state index contributed by atoms with van der Waals surface area (Å²) in [6, 6.07) is 4.71. The molecule has 0 aliphatic heterocycles. The van der Waals surface area contributed by atoms with Crippen LogP contribution in [0.3, 0.4) is 0 Å². The van der Waals surface area contributed by atoms with Crippen LogP contribution >= 0.6 is 0 Å². The molecule has 1 heterocycles. The number of carbonyl (C=O) groups is 1. The Hall–Kier alpha value is -2.38. The highest BCUT2D eigenvalue weighted by Gasteiger charge is 2.51. The van der Waals surface area contributed by atoms with Crippen molar-refractivity contribution in [3.05, 3.63) is 41.7 Å². The molecule has 8 heteroatoms. The van der Waals surface area contributed by atoms with Crippen molar-refractivity contribution in [3.8, 4) is 0 Å². The Morgan fingerprint density at radius 3 is 2.38 bits per heavy atom. The van der Waals surface area contributed by atoms with Gasteiger partial charge in [-0.2, -0.15) is 23.3 Å². The van der Waals surface area contributed by atoms with Gasteiger partial charge < -0.3 is 0 Å². The number of benzene rings is 1. The number of carbonyl (C=O) groups excluding carboxylic acids is 1. The zero-order chi connectivity index (χ0) is 15.1. The molecule has 2 aromatic rings. The molecule has 2 N–H and O–H groups in total. The van der Waals surface area contributed by atoms with E-state index in [1.165, 1.54) is 18.5 Å². The van der Waals surface area contributed by atoms with E-state index in [-0.39, 0.29) is 11.9 Å². The van der Waals surface area contributed by atoms with Crippen molar-refractivity contribution < 1.29 is 18.0 Å². The Morgan fingerprint density at radius 2 is 1.90 bits per heavy atom. The predicted octanol–water partition coefficient (Wildman–Crippen LogP) is 2.49. The van der Waals surface area contributed by atoms with Gasteiger partial charge in [-0.25, -0.2) is 5.10 Å². The molecule has 110 valence electrons. The van der Waals surface area contributed by atoms with Gasteiger partial charge in [-0.3, -0.25) is 10.1 Å². The van der Waals surface area contributed by atoms with Crippen LogP contribution in [0, 0.1) is 0 Å². The van der Waals surface area contributed by atoms with Gasteiger partial charge in [0.05, 0.1) is 11.0 Å². The molecule has 0 unspecified atom stereocenters. The van der Waals surface area contributed by atoms with Crippen LogP contribution in [0.5, 0.6) is 0 Å². The molecular formula is C13H11F3N4O. The summed E-state index contributed by atoms with van der Waals surface area (Å²) >= 11 is 0. The smallest absolute Gasteiger partial charge is 0.294 e. The predicted molar refractivity (Wildman–Crippen MR) is 67.4 cm³/mol. The fraction of sp³-hybridized carbons (Fsp3) is 0.308. The van der Waals surface area contributed by atoms with Crippen molar-refractivity contribution in [1.29, 1.82) is 0 Å². The van der Waals surface area contributed by atoms with Gasteiger partial charge in [0.1, 0.15) is 6.33 Å². The standard InChI is InChI=1S/C13H11F3N4O/c14-13(15,16)9-3-1-8(2-4-9)12(5-6-12)10(21)19-11-17-7-18-20-11/h1-4,7H,5-6H2,(H2,17,18,19,20,21). The number of nitrogens with zero attached hydrogens (tertiary/aromatic N) is 2. The van der Waals surface area contributed by atoms with Gasteiger partial charge in [-0.1, -0.05) is 12.1 Å². The first kappa shape index (κ1) is 13.6. The normalized spacial score (nSPS) is 16.5. The van der Waals surface area contributed by atoms with E-state index in [9.17, 15) is 18.0 Å². The Labute approximate surface area is 117 Å². The minimum Gasteiger partial charge on any atom is -0.294 e. The van der Waals surface area contributed by atoms with Gasteiger partial charge in [0.25, 0.3) is 0 Å². The van der Waals surface area contributed by atoms with Gasteiger partial charge in [0.2, 0.25) is 11.9 Å². The molecule has 0 atom stereocenters. The fourth-order valence-electron chi connectivity index (χ4n) is 2.24. The third-order valence-electron chi connectivity index (χ3n) is 3.60. The van der Waals surface area contributed by atoms with Crippen molar-refractivity contribution in [2.24, 2.45) is 0 Å². The molecule has 1 aromatic heterocycles. The lowest BCUT2D eigenvalue weighted by Crippen LogP contribution is -2.28. The van der Waals surface area contributed by atoms with Gasteiger partial charge in [0, 0.05) is 0 Å². The maximum Gasteiger partial charge on any atom is 0.416 e. The molecule has 5 nitrogen and oxygen atoms in total. The highest BCUT2D eigenvalue weighted by molar-refractivity contribution is 6.00. The summed E-state index contributed by atoms with van der Waals surface area (Å²) in [4.78, 5) is 16.0. The number of hydrogen-bond donors (Lipinski definition) is 2. The first-order valence-corrected chi connectivity index (χ1v) is 6.26. The molecule has 0 radical (unpaired) electrons. The molecule has 1 fully saturated rings. The summed E-state index contributed by atoms with van der Waals surface area (Å²) in [5, 5.41) is 8.70. The topological polar surface area (TPSA) is 70.7 Å². The number of rotatable bonds is 3. The van der Waals surface area contributed by atoms with Gasteiger partial charge >= 0.3 is 6.18 Å². The first-order chi connectivity index (χ1) is 9.92. The Bertz CT molecular complexity index is 645. The number of aromatic amines is 1. The number of anilines is 1. The van der Waals surface area contributed by atoms with E-state index in [2.05, 4.69) is 20.5 Å². The van der Waals surface area contributed by atoms with E-state index >= 15 is 0 Å². The van der Waals surface area contributed by atoms with Gasteiger partial charge in [-0.15, -0.1) is 0 Å². The number of amides is 1. The second-order valence-electron chi connectivity index (χ2n) is 4.95. The van der Waals surface area contributed by atoms with Crippen LogP contribution < -0.4 is 5.32 Å². The monoisotopic (exact) mass is 296 g/mol. The highest BCUT2D eigenvalue weighted by atomic mass is 19.4. The molecule has 0 bridgehead atoms. The molecule has 1 aliphatic rings. The molecular weight excluding hydrogens is 285 g/mol. The lowest BCUT2D eigenvalue weighted by molar-refractivity contribution is -0.137. The fourth-order valence-corrected chi connectivity index (χ4v) is 2.24. The van der Waals surface area contributed by atoms with E-state index in [1.807, 2.05) is 0 Å². The van der Waals surface area contributed by atoms with Crippen LogP contribution in [-0.2, 0) is 16.4 Å². The summed E-state index contributed by atoms with van der Waals surface area (Å²) in [6.45, 7) is 0. The summed E-state index contributed by atoms with van der Waals surface area (Å²) in [5.74, 6) is -0.0720. The number of aromatic nitrogens is 3. The van der Waals surface area contributed by atoms with E-state index in [0.717, 1.165) is 12.1 Å². The third-order valence-corrected chi connectivity index (χ3v) is 3.60. The van der Waals surface area contributed by atoms with Crippen molar-refractivity contribution in [2.75, 3.05) is 5.32 Å². The minimum atomic E-state index is -4.38. The quantitative estimate of drug-likeness (QED) is 0.914. The average molecular weight is 296 g/mol. The molecule has 1 amide bonds. The number of alkyl halides is 3. The van der Waals surface area contributed by atoms with Crippen molar-refractivity contribution >= 4 is 11.9 Å². The van der Waals surface area contributed by atoms with Crippen molar-refractivity contribution in [3.63, 3.8) is 0 Å². The zero-order valence-corrected chi connectivity index (χ0v) is 10.7. The molecule has 3 rings (SSSR count). The SMILES string of the molecule is O=C(Nc1ncn[nH]1)C1(c2ccc(C(F)(F)F)cc2)CC1. The van der Waals surface area contributed by atoms with E-state index in [4.69, 9.17) is 0 Å². The van der Waals surface area contributed by atoms with Crippen LogP contribution in [-0.4, -0.2) is 21.1 Å². The van der Waals surface area contributed by atoms with E-state index in [0.29, 0.717) is 18.4 Å². The van der Waals surface area contributed by atoms with Crippen LogP contribution in [0.1, 0.15) is 24.0 Å². The van der Waals surface area contributed by atoms with E-state index in [1.54, 1.807) is 0 Å². The lowest BCUT2D eigenvalue weighted by atomic mass is 9.94. The first-order valence-electron chi connectivity index (χ1n) is 6.26. The van der Waals surface area contributed by atoms with Crippen molar-refractivity contribution in [2.45, 2.75) is 24.4 Å². The summed E-state index contributed by atoms with van der Waals surface area (Å²) in [7, 11) is 0. The largest absolute Gasteiger partial charge is 0.416 e. The number of hydrogen-bond acceptors (Lipinski definition) is 3. The maximum absolute atomic E-state index is 12.5. The second-order valence-corrected chi connectivity index (χ2v) is 4.95. The van der Waals surface area contributed by atoms with Crippen LogP contribution in [0.4, 0.5) is 19.1 Å². The number of H-pyrrole nitrogens is 1. The summed E-state index contributed by atoms with van der Waals surface area (Å²) in [5.41, 5.74) is -0.915. The Balaban J connectivity index is 1.81. The Kier molecular flexibility index (Phi) is 2.96. The highest BCUT2D eigenvalue weighted by Crippen LogP contribution is 2.49. The molecule has 21 heavy (non-hydrogen) atoms. The van der Waals surface area contributed by atoms with E-state index < -0.39 is 17.2 Å². The molecule has 0 saturated heterocycles. The molecule has 1 aromatic carbocycles. The lowest BCUT2D eigenvalue weighted by Gasteiger charge is -2.15. The number of halogens is 3. The van der Waals surface area contributed by atoms with Crippen LogP contribution in [0.25, 0.3) is 0 Å². The Morgan fingerprint density at radius 1 is 1.24 bits per heavy atom. The second kappa shape index (κ2) is 4.57. The summed E-state index contributed by atoms with van der Waals surface area (Å²) < 4.78 is 37.6. The van der Waals surface area contributed by atoms with Gasteiger partial charge in [-0.05, 0) is 30.5 Å². The number of nitrogens with one attached hydrogen (secondary N) is 2. The molecule has 1 saturated carbocycles. The minimum absolute atomic E-state index is 0.221. The summed E-state index contributed by atoms with van der Waals surface area (Å²) in [6.07, 6.45) is -1.93. The van der Waals surface area contributed by atoms with Gasteiger partial charge in [0.15, 0.2) is 0 Å². The van der Waals surface area contributed by atoms with Crippen LogP contribution in [0.2, 0.25) is 0 Å². The van der Waals surface area contributed by atoms with Crippen molar-refractivity contribution in [1.82, 2.24) is 15.2 Å². The molecule has 1 aliphatic carbocycles. The molecule has 0 spiro atoms. The average Bonchev–Trinajstić information content (AvgIpc) is 3.11. The maximum atomic E-state index is 12.5. The zero-order valence-electron chi connectivity index (χ0n) is 10.7.